The third-order valence-electron chi connectivity index (χ3n) is 4.11. The maximum atomic E-state index is 10.0. The first kappa shape index (κ1) is 15.9. The Morgan fingerprint density at radius 2 is 1.87 bits per heavy atom. The van der Waals surface area contributed by atoms with E-state index in [1.54, 1.807) is 18.0 Å². The average molecular weight is 320 g/mol. The lowest BCUT2D eigenvalue weighted by Gasteiger charge is -2.13. The fraction of sp³-hybridized carbons (Fsp3) is 0.467. The summed E-state index contributed by atoms with van der Waals surface area (Å²) < 4.78 is 6.75. The van der Waals surface area contributed by atoms with E-state index in [1.807, 2.05) is 24.3 Å². The zero-order valence-corrected chi connectivity index (χ0v) is 12.7. The molecule has 0 bridgehead atoms. The lowest BCUT2D eigenvalue weighted by molar-refractivity contribution is 0.0196. The molecule has 0 saturated carbocycles. The van der Waals surface area contributed by atoms with Crippen LogP contribution < -0.4 is 10.1 Å². The molecule has 23 heavy (non-hydrogen) atoms. The molecule has 1 aliphatic heterocycles. The van der Waals surface area contributed by atoms with Crippen molar-refractivity contribution in [3.8, 4) is 11.4 Å². The predicted molar refractivity (Wildman–Crippen MR) is 81.4 cm³/mol. The minimum atomic E-state index is -0.985. The number of aliphatic hydroxyl groups is 3. The van der Waals surface area contributed by atoms with E-state index in [1.165, 1.54) is 0 Å². The Morgan fingerprint density at radius 3 is 2.48 bits per heavy atom. The second-order valence-corrected chi connectivity index (χ2v) is 5.60. The first-order valence-electron chi connectivity index (χ1n) is 7.41. The van der Waals surface area contributed by atoms with Crippen molar-refractivity contribution in [2.45, 2.75) is 30.7 Å². The molecule has 1 aromatic carbocycles. The van der Waals surface area contributed by atoms with Crippen molar-refractivity contribution in [1.82, 2.24) is 20.3 Å². The van der Waals surface area contributed by atoms with E-state index in [9.17, 15) is 10.2 Å². The van der Waals surface area contributed by atoms with Crippen LogP contribution in [0.5, 0.6) is 5.75 Å². The molecule has 8 nitrogen and oxygen atoms in total. The molecule has 4 N–H and O–H groups in total. The molecular formula is C15H20N4O4. The largest absolute Gasteiger partial charge is 0.497 e. The zero-order chi connectivity index (χ0) is 16.4. The van der Waals surface area contributed by atoms with E-state index in [4.69, 9.17) is 9.84 Å². The monoisotopic (exact) mass is 320 g/mol. The van der Waals surface area contributed by atoms with Crippen LogP contribution in [-0.4, -0.2) is 68.3 Å². The van der Waals surface area contributed by atoms with Gasteiger partial charge in [-0.3, -0.25) is 0 Å². The molecule has 0 amide bonds. The number of rotatable bonds is 5. The highest BCUT2D eigenvalue weighted by Crippen LogP contribution is 2.18. The van der Waals surface area contributed by atoms with Crippen LogP contribution in [0.1, 0.15) is 5.69 Å². The number of hydrogen-bond donors (Lipinski definition) is 4. The lowest BCUT2D eigenvalue weighted by atomic mass is 10.0. The Morgan fingerprint density at radius 1 is 1.17 bits per heavy atom. The summed E-state index contributed by atoms with van der Waals surface area (Å²) in [4.78, 5) is 0. The zero-order valence-electron chi connectivity index (χ0n) is 12.7. The van der Waals surface area contributed by atoms with E-state index in [-0.39, 0.29) is 12.6 Å². The molecule has 1 fully saturated rings. The summed E-state index contributed by atoms with van der Waals surface area (Å²) in [5.74, 6) is 0.761. The third-order valence-corrected chi connectivity index (χ3v) is 4.11. The van der Waals surface area contributed by atoms with Gasteiger partial charge >= 0.3 is 0 Å². The summed E-state index contributed by atoms with van der Waals surface area (Å²) in [6.45, 7) is -0.229. The van der Waals surface area contributed by atoms with Gasteiger partial charge in [0, 0.05) is 12.5 Å². The number of aliphatic hydroxyl groups excluding tert-OH is 3. The Balaban J connectivity index is 1.70. The number of benzene rings is 1. The minimum Gasteiger partial charge on any atom is -0.497 e. The van der Waals surface area contributed by atoms with Gasteiger partial charge in [0.15, 0.2) is 0 Å². The summed E-state index contributed by atoms with van der Waals surface area (Å²) in [6.07, 6.45) is 0.250. The quantitative estimate of drug-likeness (QED) is 0.551. The number of methoxy groups -OCH3 is 1. The number of nitrogens with zero attached hydrogens (tertiary/aromatic N) is 3. The molecule has 8 heteroatoms. The van der Waals surface area contributed by atoms with E-state index in [0.717, 1.165) is 11.4 Å². The fourth-order valence-electron chi connectivity index (χ4n) is 2.77. The summed E-state index contributed by atoms with van der Waals surface area (Å²) >= 11 is 0. The van der Waals surface area contributed by atoms with Gasteiger partial charge in [-0.25, -0.2) is 4.68 Å². The Bertz CT molecular complexity index is 645. The molecule has 3 rings (SSSR count). The topological polar surface area (TPSA) is 113 Å². The van der Waals surface area contributed by atoms with Gasteiger partial charge in [-0.2, -0.15) is 0 Å². The van der Waals surface area contributed by atoms with Crippen molar-refractivity contribution in [3.05, 3.63) is 36.2 Å². The van der Waals surface area contributed by atoms with Crippen LogP contribution in [0.2, 0.25) is 0 Å². The Kier molecular flexibility index (Phi) is 4.58. The normalized spacial score (nSPS) is 27.3. The second kappa shape index (κ2) is 6.63. The van der Waals surface area contributed by atoms with Crippen LogP contribution in [-0.2, 0) is 6.42 Å². The van der Waals surface area contributed by atoms with E-state index >= 15 is 0 Å². The van der Waals surface area contributed by atoms with Crippen LogP contribution in [0.15, 0.2) is 30.5 Å². The van der Waals surface area contributed by atoms with Crippen molar-refractivity contribution in [1.29, 1.82) is 0 Å². The van der Waals surface area contributed by atoms with Crippen molar-refractivity contribution in [2.75, 3.05) is 13.7 Å². The summed E-state index contributed by atoms with van der Waals surface area (Å²) in [6, 6.07) is 6.51. The SMILES string of the molecule is COc1ccc(-n2cc(C[C@H]3N[C@@H](CO)[C@H](O)[C@H]3O)nn2)cc1. The van der Waals surface area contributed by atoms with Gasteiger partial charge in [-0.15, -0.1) is 5.10 Å². The lowest BCUT2D eigenvalue weighted by Crippen LogP contribution is -2.37. The van der Waals surface area contributed by atoms with Gasteiger partial charge in [0.1, 0.15) is 5.75 Å². The maximum Gasteiger partial charge on any atom is 0.119 e. The predicted octanol–water partition coefficient (Wildman–Crippen LogP) is -1.13. The molecule has 0 radical (unpaired) electrons. The van der Waals surface area contributed by atoms with Crippen LogP contribution >= 0.6 is 0 Å². The van der Waals surface area contributed by atoms with Gasteiger partial charge < -0.3 is 25.4 Å². The standard InChI is InChI=1S/C15H20N4O4/c1-23-11-4-2-10(3-5-11)19-7-9(17-18-19)6-12-14(21)15(22)13(8-20)16-12/h2-5,7,12-16,20-22H,6,8H2,1H3/t12-,13+,14+,15+/m1/s1. The van der Waals surface area contributed by atoms with E-state index in [2.05, 4.69) is 15.6 Å². The molecule has 0 aliphatic carbocycles. The molecule has 4 atom stereocenters. The molecule has 2 aromatic rings. The van der Waals surface area contributed by atoms with Crippen molar-refractivity contribution >= 4 is 0 Å². The summed E-state index contributed by atoms with van der Waals surface area (Å²) in [5, 5.41) is 40.2. The third kappa shape index (κ3) is 3.20. The molecule has 1 aliphatic rings. The molecule has 0 unspecified atom stereocenters. The van der Waals surface area contributed by atoms with Crippen molar-refractivity contribution in [2.24, 2.45) is 0 Å². The van der Waals surface area contributed by atoms with Crippen LogP contribution in [0, 0.1) is 0 Å². The van der Waals surface area contributed by atoms with E-state index in [0.29, 0.717) is 12.1 Å². The van der Waals surface area contributed by atoms with Crippen LogP contribution in [0.3, 0.4) is 0 Å². The van der Waals surface area contributed by atoms with Gasteiger partial charge in [-0.1, -0.05) is 5.21 Å². The van der Waals surface area contributed by atoms with Gasteiger partial charge in [0.25, 0.3) is 0 Å². The first-order chi connectivity index (χ1) is 11.1. The minimum absolute atomic E-state index is 0.229. The van der Waals surface area contributed by atoms with Crippen molar-refractivity contribution in [3.63, 3.8) is 0 Å². The van der Waals surface area contributed by atoms with Crippen LogP contribution in [0.25, 0.3) is 5.69 Å². The Hall–Kier alpha value is -2.00. The maximum absolute atomic E-state index is 10.0. The van der Waals surface area contributed by atoms with E-state index < -0.39 is 18.2 Å². The summed E-state index contributed by atoms with van der Waals surface area (Å²) in [5.41, 5.74) is 1.53. The first-order valence-corrected chi connectivity index (χ1v) is 7.41. The molecule has 1 saturated heterocycles. The molecule has 0 spiro atoms. The van der Waals surface area contributed by atoms with Gasteiger partial charge in [0.2, 0.25) is 0 Å². The molecule has 1 aromatic heterocycles. The highest BCUT2D eigenvalue weighted by Gasteiger charge is 2.40. The second-order valence-electron chi connectivity index (χ2n) is 5.60. The molecule has 124 valence electrons. The Labute approximate surface area is 133 Å². The highest BCUT2D eigenvalue weighted by atomic mass is 16.5. The van der Waals surface area contributed by atoms with Crippen molar-refractivity contribution < 1.29 is 20.1 Å². The smallest absolute Gasteiger partial charge is 0.119 e. The number of aromatic nitrogens is 3. The summed E-state index contributed by atoms with van der Waals surface area (Å²) in [7, 11) is 1.61. The molecular weight excluding hydrogens is 300 g/mol. The fourth-order valence-corrected chi connectivity index (χ4v) is 2.77. The highest BCUT2D eigenvalue weighted by molar-refractivity contribution is 5.36. The van der Waals surface area contributed by atoms with Gasteiger partial charge in [0.05, 0.1) is 49.5 Å². The number of nitrogens with one attached hydrogen (secondary N) is 1. The molecule has 2 heterocycles. The number of hydrogen-bond acceptors (Lipinski definition) is 7. The van der Waals surface area contributed by atoms with Gasteiger partial charge in [-0.05, 0) is 24.3 Å². The average Bonchev–Trinajstić information content (AvgIpc) is 3.15. The van der Waals surface area contributed by atoms with Crippen LogP contribution in [0.4, 0.5) is 0 Å². The number of ether oxygens (including phenoxy) is 1.